The zero-order valence-electron chi connectivity index (χ0n) is 17.0. The van der Waals surface area contributed by atoms with Gasteiger partial charge in [-0.1, -0.05) is 92.5 Å². The predicted octanol–water partition coefficient (Wildman–Crippen LogP) is 4.54. The highest BCUT2D eigenvalue weighted by Crippen LogP contribution is 2.54. The predicted molar refractivity (Wildman–Crippen MR) is 128 cm³/mol. The number of β-lactam (4-membered cyclic amide) rings is 1. The van der Waals surface area contributed by atoms with Gasteiger partial charge in [0.05, 0.1) is 0 Å². The number of fused-ring (bicyclic) bond motifs is 1. The molecule has 2 aliphatic heterocycles. The van der Waals surface area contributed by atoms with Crippen molar-refractivity contribution >= 4 is 61.5 Å². The summed E-state index contributed by atoms with van der Waals surface area (Å²) < 4.78 is 10.2. The number of esters is 2. The number of carbonyl (C=O) groups excluding carboxylic acids is 3. The van der Waals surface area contributed by atoms with Crippen LogP contribution in [0.4, 0.5) is 0 Å². The van der Waals surface area contributed by atoms with E-state index >= 15 is 0 Å². The summed E-state index contributed by atoms with van der Waals surface area (Å²) in [5.41, 5.74) is 2.28. The van der Waals surface area contributed by atoms with Gasteiger partial charge in [0.15, 0.2) is 9.34 Å². The standard InChI is InChI=1S/C23H19Br2NO5S/c1-14(27)30-12-17-13-32-22-23(24,25)21(29)26(22)18(17)20(28)31-19(15-8-4-2-5-9-15)16-10-6-3-7-11-16/h2-11,19,22H,12-13H2,1H3/t22-/m1/s1. The van der Waals surface area contributed by atoms with Gasteiger partial charge in [0, 0.05) is 18.2 Å². The molecular weight excluding hydrogens is 562 g/mol. The number of carbonyl (C=O) groups is 3. The molecule has 2 aromatic carbocycles. The molecule has 0 N–H and O–H groups in total. The van der Waals surface area contributed by atoms with E-state index in [1.807, 2.05) is 60.7 Å². The molecule has 2 aliphatic rings. The quantitative estimate of drug-likeness (QED) is 0.284. The van der Waals surface area contributed by atoms with Crippen LogP contribution in [0.1, 0.15) is 24.2 Å². The summed E-state index contributed by atoms with van der Waals surface area (Å²) in [7, 11) is 0. The first-order valence-electron chi connectivity index (χ1n) is 9.80. The van der Waals surface area contributed by atoms with E-state index in [0.29, 0.717) is 11.3 Å². The Bertz CT molecular complexity index is 1030. The minimum Gasteiger partial charge on any atom is -0.461 e. The number of rotatable bonds is 6. The van der Waals surface area contributed by atoms with Crippen molar-refractivity contribution in [2.45, 2.75) is 21.6 Å². The molecule has 1 fully saturated rings. The van der Waals surface area contributed by atoms with Crippen LogP contribution in [-0.2, 0) is 23.9 Å². The Balaban J connectivity index is 1.70. The number of hydrogen-bond donors (Lipinski definition) is 0. The number of benzene rings is 2. The lowest BCUT2D eigenvalue weighted by molar-refractivity contribution is -0.152. The molecule has 32 heavy (non-hydrogen) atoms. The average molecular weight is 581 g/mol. The molecule has 166 valence electrons. The number of thioether (sulfide) groups is 1. The van der Waals surface area contributed by atoms with E-state index in [-0.39, 0.29) is 23.6 Å². The highest BCUT2D eigenvalue weighted by molar-refractivity contribution is 9.26. The van der Waals surface area contributed by atoms with Crippen molar-refractivity contribution in [2.24, 2.45) is 0 Å². The smallest absolute Gasteiger partial charge is 0.356 e. The Morgan fingerprint density at radius 1 is 1.09 bits per heavy atom. The number of alkyl halides is 2. The van der Waals surface area contributed by atoms with Crippen LogP contribution in [0.25, 0.3) is 0 Å². The van der Waals surface area contributed by atoms with Gasteiger partial charge in [0.1, 0.15) is 17.7 Å². The van der Waals surface area contributed by atoms with Crippen LogP contribution in [0, 0.1) is 0 Å². The third kappa shape index (κ3) is 4.38. The molecule has 1 amide bonds. The van der Waals surface area contributed by atoms with Gasteiger partial charge in [0.2, 0.25) is 0 Å². The first kappa shape index (κ1) is 23.1. The van der Waals surface area contributed by atoms with Crippen molar-refractivity contribution in [1.82, 2.24) is 4.90 Å². The van der Waals surface area contributed by atoms with Crippen molar-refractivity contribution in [2.75, 3.05) is 12.4 Å². The van der Waals surface area contributed by atoms with Crippen LogP contribution in [0.5, 0.6) is 0 Å². The molecule has 6 nitrogen and oxygen atoms in total. The van der Waals surface area contributed by atoms with E-state index in [0.717, 1.165) is 11.1 Å². The maximum Gasteiger partial charge on any atom is 0.356 e. The third-order valence-corrected chi connectivity index (χ3v) is 8.66. The molecule has 1 atom stereocenters. The zero-order valence-corrected chi connectivity index (χ0v) is 21.0. The minimum absolute atomic E-state index is 0.0812. The molecule has 1 saturated heterocycles. The third-order valence-electron chi connectivity index (χ3n) is 5.11. The van der Waals surface area contributed by atoms with Gasteiger partial charge in [0.25, 0.3) is 5.91 Å². The van der Waals surface area contributed by atoms with Gasteiger partial charge >= 0.3 is 11.9 Å². The lowest BCUT2D eigenvalue weighted by Gasteiger charge is -2.52. The molecule has 0 unspecified atom stereocenters. The van der Waals surface area contributed by atoms with Gasteiger partial charge in [-0.2, -0.15) is 0 Å². The van der Waals surface area contributed by atoms with Crippen molar-refractivity contribution < 1.29 is 23.9 Å². The molecule has 0 aliphatic carbocycles. The topological polar surface area (TPSA) is 72.9 Å². The second-order valence-corrected chi connectivity index (χ2v) is 11.9. The Labute approximate surface area is 206 Å². The van der Waals surface area contributed by atoms with Crippen LogP contribution in [0.2, 0.25) is 0 Å². The van der Waals surface area contributed by atoms with Crippen molar-refractivity contribution in [3.05, 3.63) is 83.1 Å². The number of halogens is 2. The molecule has 0 radical (unpaired) electrons. The summed E-state index contributed by atoms with van der Waals surface area (Å²) in [6, 6.07) is 18.8. The maximum atomic E-state index is 13.5. The van der Waals surface area contributed by atoms with Gasteiger partial charge in [-0.25, -0.2) is 4.79 Å². The molecule has 0 saturated carbocycles. The molecule has 0 bridgehead atoms. The molecule has 9 heteroatoms. The lowest BCUT2D eigenvalue weighted by atomic mass is 10.0. The first-order chi connectivity index (χ1) is 15.3. The fraction of sp³-hybridized carbons (Fsp3) is 0.261. The Kier molecular flexibility index (Phi) is 6.78. The van der Waals surface area contributed by atoms with Crippen LogP contribution in [0.3, 0.4) is 0 Å². The summed E-state index contributed by atoms with van der Waals surface area (Å²) in [6.07, 6.45) is -0.658. The van der Waals surface area contributed by atoms with E-state index in [1.165, 1.54) is 23.6 Å². The summed E-state index contributed by atoms with van der Waals surface area (Å²) in [4.78, 5) is 39.1. The second-order valence-electron chi connectivity index (χ2n) is 7.30. The Morgan fingerprint density at radius 3 is 2.19 bits per heavy atom. The molecular formula is C23H19Br2NO5S. The molecule has 2 heterocycles. The summed E-state index contributed by atoms with van der Waals surface area (Å²) in [5.74, 6) is -0.988. The molecule has 4 rings (SSSR count). The summed E-state index contributed by atoms with van der Waals surface area (Å²) in [5, 5.41) is -0.328. The number of ether oxygens (including phenoxy) is 2. The number of hydrogen-bond acceptors (Lipinski definition) is 6. The van der Waals surface area contributed by atoms with E-state index in [9.17, 15) is 14.4 Å². The maximum absolute atomic E-state index is 13.5. The SMILES string of the molecule is CC(=O)OCC1=C(C(=O)OC(c2ccccc2)c2ccccc2)N2C(=O)C(Br)(Br)[C@H]2SC1. The molecule has 0 spiro atoms. The fourth-order valence-electron chi connectivity index (χ4n) is 3.57. The fourth-order valence-corrected chi connectivity index (χ4v) is 6.40. The van der Waals surface area contributed by atoms with E-state index < -0.39 is 21.3 Å². The van der Waals surface area contributed by atoms with E-state index in [1.54, 1.807) is 0 Å². The minimum atomic E-state index is -0.943. The second kappa shape index (κ2) is 9.41. The van der Waals surface area contributed by atoms with Gasteiger partial charge in [-0.05, 0) is 11.1 Å². The Morgan fingerprint density at radius 2 is 1.66 bits per heavy atom. The van der Waals surface area contributed by atoms with Crippen LogP contribution in [-0.4, -0.2) is 43.7 Å². The Hall–Kier alpha value is -2.10. The number of amides is 1. The zero-order chi connectivity index (χ0) is 22.9. The van der Waals surface area contributed by atoms with Crippen LogP contribution < -0.4 is 0 Å². The highest BCUT2D eigenvalue weighted by atomic mass is 79.9. The van der Waals surface area contributed by atoms with Crippen molar-refractivity contribution in [3.63, 3.8) is 0 Å². The monoisotopic (exact) mass is 579 g/mol. The summed E-state index contributed by atoms with van der Waals surface area (Å²) >= 11 is 8.27. The van der Waals surface area contributed by atoms with Gasteiger partial charge in [-0.15, -0.1) is 11.8 Å². The normalized spacial score (nSPS) is 19.3. The lowest BCUT2D eigenvalue weighted by Crippen LogP contribution is -2.68. The van der Waals surface area contributed by atoms with E-state index in [4.69, 9.17) is 9.47 Å². The van der Waals surface area contributed by atoms with E-state index in [2.05, 4.69) is 31.9 Å². The largest absolute Gasteiger partial charge is 0.461 e. The van der Waals surface area contributed by atoms with Crippen molar-refractivity contribution in [1.29, 1.82) is 0 Å². The van der Waals surface area contributed by atoms with Crippen molar-refractivity contribution in [3.8, 4) is 0 Å². The summed E-state index contributed by atoms with van der Waals surface area (Å²) in [6.45, 7) is 1.22. The van der Waals surface area contributed by atoms with Gasteiger partial charge < -0.3 is 9.47 Å². The first-order valence-corrected chi connectivity index (χ1v) is 12.4. The van der Waals surface area contributed by atoms with Crippen LogP contribution >= 0.6 is 43.6 Å². The van der Waals surface area contributed by atoms with Gasteiger partial charge in [-0.3, -0.25) is 14.5 Å². The average Bonchev–Trinajstić information content (AvgIpc) is 2.81. The molecule has 0 aromatic heterocycles. The highest BCUT2D eigenvalue weighted by Gasteiger charge is 2.62. The number of nitrogens with zero attached hydrogens (tertiary/aromatic N) is 1. The van der Waals surface area contributed by atoms with Crippen LogP contribution in [0.15, 0.2) is 71.9 Å². The molecule has 2 aromatic rings.